The Labute approximate surface area is 234 Å². The summed E-state index contributed by atoms with van der Waals surface area (Å²) in [5.41, 5.74) is 11.4. The van der Waals surface area contributed by atoms with Gasteiger partial charge in [-0.15, -0.1) is 5.10 Å². The predicted octanol–water partition coefficient (Wildman–Crippen LogP) is 2.35. The topological polar surface area (TPSA) is 118 Å². The normalized spacial score (nSPS) is 17.7. The maximum absolute atomic E-state index is 13.5. The standard InChI is InChI=1S/C31H37N7O2/c1-37-28-15-13-24(18-27(28)35-36-37)20-34-30(39)29-19-25(33-17-16-23-10-6-3-7-11-23)21-38(29)31(40)26(32)14-12-22-8-4-2-5-9-22/h2-11,13,15,18,25-26,29,33H,12,14,16-17,19-21,32H2,1H3,(H,34,39). The van der Waals surface area contributed by atoms with Crippen molar-refractivity contribution in [3.8, 4) is 0 Å². The molecule has 1 saturated heterocycles. The van der Waals surface area contributed by atoms with Crippen molar-refractivity contribution >= 4 is 22.8 Å². The number of nitrogens with zero attached hydrogens (tertiary/aromatic N) is 4. The number of carbonyl (C=O) groups excluding carboxylic acids is 2. The number of aryl methyl sites for hydroxylation is 2. The highest BCUT2D eigenvalue weighted by atomic mass is 16.2. The summed E-state index contributed by atoms with van der Waals surface area (Å²) in [6.07, 6.45) is 2.66. The third kappa shape index (κ3) is 6.73. The van der Waals surface area contributed by atoms with E-state index in [1.165, 1.54) is 5.56 Å². The highest BCUT2D eigenvalue weighted by molar-refractivity contribution is 5.90. The molecule has 208 valence electrons. The smallest absolute Gasteiger partial charge is 0.243 e. The Morgan fingerprint density at radius 3 is 2.40 bits per heavy atom. The molecule has 0 bridgehead atoms. The largest absolute Gasteiger partial charge is 0.350 e. The second kappa shape index (κ2) is 12.8. The first-order valence-electron chi connectivity index (χ1n) is 13.9. The first-order chi connectivity index (χ1) is 19.5. The zero-order valence-corrected chi connectivity index (χ0v) is 22.9. The molecule has 0 saturated carbocycles. The molecule has 0 aliphatic carbocycles. The molecule has 1 aliphatic heterocycles. The summed E-state index contributed by atoms with van der Waals surface area (Å²) in [7, 11) is 1.84. The van der Waals surface area contributed by atoms with Crippen LogP contribution in [0, 0.1) is 0 Å². The maximum atomic E-state index is 13.5. The van der Waals surface area contributed by atoms with Crippen LogP contribution in [-0.2, 0) is 36.0 Å². The van der Waals surface area contributed by atoms with Crippen molar-refractivity contribution in [3.63, 3.8) is 0 Å². The lowest BCUT2D eigenvalue weighted by Gasteiger charge is -2.26. The molecule has 40 heavy (non-hydrogen) atoms. The van der Waals surface area contributed by atoms with E-state index in [0.717, 1.165) is 35.1 Å². The zero-order valence-electron chi connectivity index (χ0n) is 22.9. The molecule has 1 aromatic heterocycles. The third-order valence-corrected chi connectivity index (χ3v) is 7.62. The average Bonchev–Trinajstić information content (AvgIpc) is 3.58. The van der Waals surface area contributed by atoms with Crippen molar-refractivity contribution in [1.29, 1.82) is 0 Å². The Hall–Kier alpha value is -4.08. The summed E-state index contributed by atoms with van der Waals surface area (Å²) in [5.74, 6) is -0.348. The van der Waals surface area contributed by atoms with Gasteiger partial charge >= 0.3 is 0 Å². The van der Waals surface area contributed by atoms with Crippen molar-refractivity contribution < 1.29 is 9.59 Å². The summed E-state index contributed by atoms with van der Waals surface area (Å²) >= 11 is 0. The number of rotatable bonds is 11. The van der Waals surface area contributed by atoms with Crippen LogP contribution in [0.25, 0.3) is 11.0 Å². The van der Waals surface area contributed by atoms with Gasteiger partial charge in [-0.3, -0.25) is 9.59 Å². The molecular formula is C31H37N7O2. The molecule has 5 rings (SSSR count). The van der Waals surface area contributed by atoms with Crippen molar-refractivity contribution in [1.82, 2.24) is 30.5 Å². The van der Waals surface area contributed by atoms with Gasteiger partial charge in [0.25, 0.3) is 0 Å². The van der Waals surface area contributed by atoms with Crippen LogP contribution in [0.15, 0.2) is 78.9 Å². The number of amides is 2. The first kappa shape index (κ1) is 27.5. The Bertz CT molecular complexity index is 1420. The maximum Gasteiger partial charge on any atom is 0.243 e. The van der Waals surface area contributed by atoms with E-state index in [-0.39, 0.29) is 17.9 Å². The van der Waals surface area contributed by atoms with Gasteiger partial charge in [-0.05, 0) is 61.1 Å². The molecule has 9 heteroatoms. The summed E-state index contributed by atoms with van der Waals surface area (Å²) < 4.78 is 1.71. The van der Waals surface area contributed by atoms with Gasteiger partial charge < -0.3 is 21.3 Å². The van der Waals surface area contributed by atoms with E-state index in [9.17, 15) is 9.59 Å². The minimum atomic E-state index is -0.669. The number of benzene rings is 3. The number of hydrogen-bond acceptors (Lipinski definition) is 6. The molecule has 3 atom stereocenters. The van der Waals surface area contributed by atoms with Crippen LogP contribution in [0.2, 0.25) is 0 Å². The number of fused-ring (bicyclic) bond motifs is 1. The van der Waals surface area contributed by atoms with E-state index in [1.54, 1.807) is 9.58 Å². The lowest BCUT2D eigenvalue weighted by Crippen LogP contribution is -2.51. The molecule has 9 nitrogen and oxygen atoms in total. The first-order valence-corrected chi connectivity index (χ1v) is 13.9. The van der Waals surface area contributed by atoms with Crippen LogP contribution in [0.4, 0.5) is 0 Å². The Balaban J connectivity index is 1.22. The minimum Gasteiger partial charge on any atom is -0.350 e. The van der Waals surface area contributed by atoms with E-state index in [1.807, 2.05) is 73.8 Å². The molecule has 4 aromatic rings. The summed E-state index contributed by atoms with van der Waals surface area (Å²) in [4.78, 5) is 28.6. The van der Waals surface area contributed by atoms with Gasteiger partial charge in [0.2, 0.25) is 11.8 Å². The van der Waals surface area contributed by atoms with E-state index in [4.69, 9.17) is 5.73 Å². The number of aromatic nitrogens is 3. The summed E-state index contributed by atoms with van der Waals surface area (Å²) in [6.45, 7) is 1.57. The number of carbonyl (C=O) groups is 2. The van der Waals surface area contributed by atoms with Gasteiger partial charge in [0.15, 0.2) is 0 Å². The Morgan fingerprint density at radius 2 is 1.68 bits per heavy atom. The quantitative estimate of drug-likeness (QED) is 0.269. The monoisotopic (exact) mass is 539 g/mol. The highest BCUT2D eigenvalue weighted by Gasteiger charge is 2.40. The fourth-order valence-corrected chi connectivity index (χ4v) is 5.35. The number of likely N-dealkylation sites (tertiary alicyclic amines) is 1. The van der Waals surface area contributed by atoms with E-state index in [2.05, 4.69) is 33.1 Å². The van der Waals surface area contributed by atoms with Gasteiger partial charge in [0.1, 0.15) is 11.6 Å². The van der Waals surface area contributed by atoms with Crippen LogP contribution < -0.4 is 16.4 Å². The second-order valence-electron chi connectivity index (χ2n) is 10.5. The fourth-order valence-electron chi connectivity index (χ4n) is 5.35. The molecular weight excluding hydrogens is 502 g/mol. The van der Waals surface area contributed by atoms with E-state index >= 15 is 0 Å². The van der Waals surface area contributed by atoms with Gasteiger partial charge in [-0.25, -0.2) is 4.68 Å². The molecule has 4 N–H and O–H groups in total. The summed E-state index contributed by atoms with van der Waals surface area (Å²) in [5, 5.41) is 14.8. The van der Waals surface area contributed by atoms with Crippen LogP contribution in [-0.4, -0.2) is 62.9 Å². The van der Waals surface area contributed by atoms with Gasteiger partial charge in [0.05, 0.1) is 11.6 Å². The van der Waals surface area contributed by atoms with Crippen LogP contribution in [0.5, 0.6) is 0 Å². The van der Waals surface area contributed by atoms with Gasteiger partial charge in [-0.2, -0.15) is 0 Å². The lowest BCUT2D eigenvalue weighted by molar-refractivity contribution is -0.139. The fraction of sp³-hybridized carbons (Fsp3) is 0.355. The van der Waals surface area contributed by atoms with Crippen LogP contribution in [0.3, 0.4) is 0 Å². The van der Waals surface area contributed by atoms with Crippen LogP contribution >= 0.6 is 0 Å². The minimum absolute atomic E-state index is 0.0145. The Morgan fingerprint density at radius 1 is 0.975 bits per heavy atom. The number of nitrogens with one attached hydrogen (secondary N) is 2. The molecule has 2 amide bonds. The number of hydrogen-bond donors (Lipinski definition) is 3. The average molecular weight is 540 g/mol. The zero-order chi connectivity index (χ0) is 27.9. The molecule has 3 aromatic carbocycles. The predicted molar refractivity (Wildman–Crippen MR) is 155 cm³/mol. The molecule has 1 fully saturated rings. The molecule has 2 heterocycles. The van der Waals surface area contributed by atoms with Crippen LogP contribution in [0.1, 0.15) is 29.5 Å². The highest BCUT2D eigenvalue weighted by Crippen LogP contribution is 2.21. The molecule has 0 spiro atoms. The SMILES string of the molecule is Cn1nnc2cc(CNC(=O)C3CC(NCCc4ccccc4)CN3C(=O)C(N)CCc3ccccc3)ccc21. The molecule has 3 unspecified atom stereocenters. The van der Waals surface area contributed by atoms with Gasteiger partial charge in [0, 0.05) is 26.2 Å². The van der Waals surface area contributed by atoms with Crippen molar-refractivity contribution in [3.05, 3.63) is 95.6 Å². The van der Waals surface area contributed by atoms with Crippen molar-refractivity contribution in [2.24, 2.45) is 12.8 Å². The second-order valence-corrected chi connectivity index (χ2v) is 10.5. The molecule has 0 radical (unpaired) electrons. The number of nitrogens with two attached hydrogens (primary N) is 1. The summed E-state index contributed by atoms with van der Waals surface area (Å²) in [6, 6.07) is 24.9. The van der Waals surface area contributed by atoms with E-state index in [0.29, 0.717) is 32.4 Å². The van der Waals surface area contributed by atoms with Gasteiger partial charge in [-0.1, -0.05) is 71.9 Å². The van der Waals surface area contributed by atoms with Crippen molar-refractivity contribution in [2.45, 2.75) is 50.4 Å². The van der Waals surface area contributed by atoms with Crippen molar-refractivity contribution in [2.75, 3.05) is 13.1 Å². The van der Waals surface area contributed by atoms with E-state index < -0.39 is 12.1 Å². The molecule has 1 aliphatic rings. The lowest BCUT2D eigenvalue weighted by atomic mass is 10.0. The Kier molecular flexibility index (Phi) is 8.83. The third-order valence-electron chi connectivity index (χ3n) is 7.62.